The zero-order valence-corrected chi connectivity index (χ0v) is 17.4. The van der Waals surface area contributed by atoms with E-state index in [9.17, 15) is 0 Å². The lowest BCUT2D eigenvalue weighted by molar-refractivity contribution is 0.177. The quantitative estimate of drug-likeness (QED) is 0.552. The van der Waals surface area contributed by atoms with Gasteiger partial charge in [-0.25, -0.2) is 0 Å². The van der Waals surface area contributed by atoms with E-state index in [2.05, 4.69) is 58.3 Å². The zero-order valence-electron chi connectivity index (χ0n) is 16.5. The van der Waals surface area contributed by atoms with Crippen LogP contribution >= 0.6 is 12.2 Å². The molecule has 0 saturated carbocycles. The molecule has 4 heteroatoms. The number of piperazine rings is 1. The highest BCUT2D eigenvalue weighted by molar-refractivity contribution is 7.80. The van der Waals surface area contributed by atoms with Crippen molar-refractivity contribution in [3.05, 3.63) is 102 Å². The fourth-order valence-corrected chi connectivity index (χ4v) is 3.98. The Kier molecular flexibility index (Phi) is 6.55. The van der Waals surface area contributed by atoms with Gasteiger partial charge in [-0.1, -0.05) is 85.0 Å². The van der Waals surface area contributed by atoms with E-state index in [1.807, 2.05) is 36.4 Å². The Labute approximate surface area is 178 Å². The van der Waals surface area contributed by atoms with Crippen LogP contribution in [-0.4, -0.2) is 41.0 Å². The van der Waals surface area contributed by atoms with Crippen LogP contribution in [0.4, 0.5) is 0 Å². The van der Waals surface area contributed by atoms with Crippen molar-refractivity contribution in [2.24, 2.45) is 0 Å². The minimum atomic E-state index is 0.547. The minimum Gasteiger partial charge on any atom is -0.488 e. The Morgan fingerprint density at radius 1 is 0.724 bits per heavy atom. The van der Waals surface area contributed by atoms with Gasteiger partial charge in [-0.2, -0.15) is 0 Å². The molecule has 29 heavy (non-hydrogen) atoms. The number of benzene rings is 3. The van der Waals surface area contributed by atoms with Crippen LogP contribution in [-0.2, 0) is 13.2 Å². The maximum atomic E-state index is 6.11. The molecule has 0 amide bonds. The number of rotatable bonds is 6. The van der Waals surface area contributed by atoms with Crippen LogP contribution in [0.3, 0.4) is 0 Å². The molecule has 0 aromatic heterocycles. The van der Waals surface area contributed by atoms with Crippen LogP contribution < -0.4 is 4.74 Å². The van der Waals surface area contributed by atoms with Crippen molar-refractivity contribution in [1.82, 2.24) is 9.80 Å². The smallest absolute Gasteiger partial charge is 0.130 e. The predicted molar refractivity (Wildman–Crippen MR) is 122 cm³/mol. The van der Waals surface area contributed by atoms with Gasteiger partial charge in [-0.3, -0.25) is 4.90 Å². The van der Waals surface area contributed by atoms with E-state index in [4.69, 9.17) is 17.0 Å². The van der Waals surface area contributed by atoms with Crippen LogP contribution in [0.5, 0.6) is 5.75 Å². The molecule has 4 rings (SSSR count). The number of thiocarbonyl (C=S) groups is 1. The van der Waals surface area contributed by atoms with Gasteiger partial charge < -0.3 is 9.64 Å². The summed E-state index contributed by atoms with van der Waals surface area (Å²) in [6.07, 6.45) is 0. The molecule has 0 radical (unpaired) electrons. The van der Waals surface area contributed by atoms with E-state index in [-0.39, 0.29) is 0 Å². The predicted octanol–water partition coefficient (Wildman–Crippen LogP) is 4.76. The molecular formula is C25H26N2OS. The van der Waals surface area contributed by atoms with Crippen molar-refractivity contribution < 1.29 is 4.74 Å². The second-order valence-corrected chi connectivity index (χ2v) is 7.71. The molecule has 3 aromatic rings. The van der Waals surface area contributed by atoms with Crippen molar-refractivity contribution in [2.75, 3.05) is 26.2 Å². The lowest BCUT2D eigenvalue weighted by atomic mass is 10.1. The first-order chi connectivity index (χ1) is 14.3. The topological polar surface area (TPSA) is 15.7 Å². The van der Waals surface area contributed by atoms with Gasteiger partial charge in [0.25, 0.3) is 0 Å². The summed E-state index contributed by atoms with van der Waals surface area (Å²) in [5, 5.41) is 0. The summed E-state index contributed by atoms with van der Waals surface area (Å²) in [5.74, 6) is 0.855. The van der Waals surface area contributed by atoms with Crippen LogP contribution in [0, 0.1) is 0 Å². The summed E-state index contributed by atoms with van der Waals surface area (Å²) >= 11 is 5.85. The van der Waals surface area contributed by atoms with Gasteiger partial charge in [0.15, 0.2) is 0 Å². The molecule has 0 unspecified atom stereocenters. The molecule has 0 N–H and O–H groups in total. The van der Waals surface area contributed by atoms with Crippen molar-refractivity contribution in [2.45, 2.75) is 13.2 Å². The molecule has 148 valence electrons. The average molecular weight is 403 g/mol. The van der Waals surface area contributed by atoms with Gasteiger partial charge in [0.2, 0.25) is 0 Å². The number of para-hydroxylation sites is 1. The highest BCUT2D eigenvalue weighted by Crippen LogP contribution is 2.23. The first-order valence-corrected chi connectivity index (χ1v) is 10.5. The van der Waals surface area contributed by atoms with Crippen molar-refractivity contribution >= 4 is 17.2 Å². The number of hydrogen-bond donors (Lipinski definition) is 0. The van der Waals surface area contributed by atoms with Gasteiger partial charge in [0.05, 0.1) is 5.56 Å². The molecule has 1 aliphatic rings. The molecule has 0 bridgehead atoms. The summed E-state index contributed by atoms with van der Waals surface area (Å²) in [6.45, 7) is 5.46. The second-order valence-electron chi connectivity index (χ2n) is 7.32. The Bertz CT molecular complexity index is 922. The van der Waals surface area contributed by atoms with Gasteiger partial charge >= 0.3 is 0 Å². The van der Waals surface area contributed by atoms with Crippen LogP contribution in [0.15, 0.2) is 84.9 Å². The standard InChI is InChI=1S/C25H26N2OS/c29-25(27-17-15-26(16-18-27)19-21-9-3-1-4-10-21)23-13-7-8-14-24(23)28-20-22-11-5-2-6-12-22/h1-14H,15-20H2. The molecule has 0 atom stereocenters. The summed E-state index contributed by atoms with van der Waals surface area (Å²) in [5.41, 5.74) is 3.53. The average Bonchev–Trinajstić information content (AvgIpc) is 2.79. The van der Waals surface area contributed by atoms with Crippen molar-refractivity contribution in [1.29, 1.82) is 0 Å². The van der Waals surface area contributed by atoms with Gasteiger partial charge in [-0.05, 0) is 23.3 Å². The lowest BCUT2D eigenvalue weighted by Crippen LogP contribution is -2.48. The largest absolute Gasteiger partial charge is 0.488 e. The fraction of sp³-hybridized carbons (Fsp3) is 0.240. The van der Waals surface area contributed by atoms with Crippen LogP contribution in [0.2, 0.25) is 0 Å². The molecule has 1 aliphatic heterocycles. The van der Waals surface area contributed by atoms with E-state index in [1.54, 1.807) is 0 Å². The SMILES string of the molecule is S=C(c1ccccc1OCc1ccccc1)N1CCN(Cc2ccccc2)CC1. The number of ether oxygens (including phenoxy) is 1. The van der Waals surface area contributed by atoms with E-state index in [1.165, 1.54) is 5.56 Å². The van der Waals surface area contributed by atoms with E-state index in [0.29, 0.717) is 6.61 Å². The molecule has 1 saturated heterocycles. The Hall–Kier alpha value is -2.69. The Morgan fingerprint density at radius 3 is 2.00 bits per heavy atom. The first-order valence-electron chi connectivity index (χ1n) is 10.1. The third-order valence-corrected chi connectivity index (χ3v) is 5.74. The number of nitrogens with zero attached hydrogens (tertiary/aromatic N) is 2. The highest BCUT2D eigenvalue weighted by Gasteiger charge is 2.21. The zero-order chi connectivity index (χ0) is 19.9. The lowest BCUT2D eigenvalue weighted by Gasteiger charge is -2.36. The summed E-state index contributed by atoms with van der Waals surface area (Å²) in [6, 6.07) is 29.0. The third kappa shape index (κ3) is 5.22. The van der Waals surface area contributed by atoms with Crippen molar-refractivity contribution in [3.8, 4) is 5.75 Å². The summed E-state index contributed by atoms with van der Waals surface area (Å²) < 4.78 is 6.11. The van der Waals surface area contributed by atoms with Crippen LogP contribution in [0.25, 0.3) is 0 Å². The fourth-order valence-electron chi connectivity index (χ4n) is 3.63. The monoisotopic (exact) mass is 402 g/mol. The molecule has 3 nitrogen and oxygen atoms in total. The molecule has 0 aliphatic carbocycles. The molecule has 1 heterocycles. The van der Waals surface area contributed by atoms with Crippen molar-refractivity contribution in [3.63, 3.8) is 0 Å². The van der Waals surface area contributed by atoms with E-state index < -0.39 is 0 Å². The Morgan fingerprint density at radius 2 is 1.31 bits per heavy atom. The molecule has 0 spiro atoms. The maximum Gasteiger partial charge on any atom is 0.130 e. The highest BCUT2D eigenvalue weighted by atomic mass is 32.1. The summed E-state index contributed by atoms with van der Waals surface area (Å²) in [7, 11) is 0. The molecule has 3 aromatic carbocycles. The third-order valence-electron chi connectivity index (χ3n) is 5.26. The maximum absolute atomic E-state index is 6.11. The van der Waals surface area contributed by atoms with Crippen LogP contribution in [0.1, 0.15) is 16.7 Å². The van der Waals surface area contributed by atoms with E-state index in [0.717, 1.165) is 54.6 Å². The van der Waals surface area contributed by atoms with E-state index >= 15 is 0 Å². The molecular weight excluding hydrogens is 376 g/mol. The normalized spacial score (nSPS) is 14.6. The summed E-state index contributed by atoms with van der Waals surface area (Å²) in [4.78, 5) is 5.68. The van der Waals surface area contributed by atoms with Gasteiger partial charge in [-0.15, -0.1) is 0 Å². The molecule has 1 fully saturated rings. The second kappa shape index (κ2) is 9.68. The first kappa shape index (κ1) is 19.6. The van der Waals surface area contributed by atoms with Gasteiger partial charge in [0, 0.05) is 32.7 Å². The number of hydrogen-bond acceptors (Lipinski definition) is 3. The van der Waals surface area contributed by atoms with Gasteiger partial charge in [0.1, 0.15) is 17.3 Å². The Balaban J connectivity index is 1.36. The minimum absolute atomic E-state index is 0.547.